The van der Waals surface area contributed by atoms with E-state index in [1.54, 1.807) is 0 Å². The maximum Gasteiger partial charge on any atom is 0.397 e. The van der Waals surface area contributed by atoms with Gasteiger partial charge in [-0.25, -0.2) is 30.0 Å². The first-order chi connectivity index (χ1) is 21.7. The van der Waals surface area contributed by atoms with Gasteiger partial charge in [-0.2, -0.15) is 27.0 Å². The van der Waals surface area contributed by atoms with Crippen LogP contribution in [0.25, 0.3) is 0 Å². The van der Waals surface area contributed by atoms with Gasteiger partial charge >= 0.3 is 26.8 Å². The number of rotatable bonds is 15. The van der Waals surface area contributed by atoms with Crippen molar-refractivity contribution in [1.82, 2.24) is 0 Å². The summed E-state index contributed by atoms with van der Waals surface area (Å²) in [5.74, 6) is -3.37. The molecule has 0 aromatic heterocycles. The molecular weight excluding hydrogens is 717 g/mol. The molecule has 0 aliphatic rings. The van der Waals surface area contributed by atoms with Crippen LogP contribution in [-0.2, 0) is 48.8 Å². The Morgan fingerprint density at radius 1 is 0.681 bits per heavy atom. The molecule has 0 saturated carbocycles. The summed E-state index contributed by atoms with van der Waals surface area (Å²) in [6.07, 6.45) is 0. The second-order valence-corrected chi connectivity index (χ2v) is 15.3. The summed E-state index contributed by atoms with van der Waals surface area (Å²) in [5.41, 5.74) is 1.39. The number of sulfone groups is 2. The number of anilines is 2. The van der Waals surface area contributed by atoms with E-state index in [0.717, 1.165) is 24.3 Å². The van der Waals surface area contributed by atoms with Crippen molar-refractivity contribution >= 4 is 57.8 Å². The molecule has 0 unspecified atom stereocenters. The zero-order valence-electron chi connectivity index (χ0n) is 23.2. The number of aromatic carboxylic acids is 1. The molecule has 254 valence electrons. The second-order valence-electron chi connectivity index (χ2n) is 8.89. The lowest BCUT2D eigenvalue weighted by Gasteiger charge is -2.07. The molecule has 47 heavy (non-hydrogen) atoms. The number of carboxylic acids is 1. The minimum atomic E-state index is -4.88. The predicted molar refractivity (Wildman–Crippen MR) is 159 cm³/mol. The Morgan fingerprint density at radius 3 is 1.72 bits per heavy atom. The van der Waals surface area contributed by atoms with E-state index >= 15 is 0 Å². The van der Waals surface area contributed by atoms with Crippen molar-refractivity contribution in [2.75, 3.05) is 35.6 Å². The quantitative estimate of drug-likeness (QED) is 0.0833. The number of hydrogen-bond donors (Lipinski definition) is 5. The van der Waals surface area contributed by atoms with E-state index in [9.17, 15) is 53.2 Å². The largest absolute Gasteiger partial charge is 0.478 e. The minimum absolute atomic E-state index is 0.0517. The summed E-state index contributed by atoms with van der Waals surface area (Å²) >= 11 is 0. The Hall–Kier alpha value is -4.43. The van der Waals surface area contributed by atoms with Gasteiger partial charge in [0.1, 0.15) is 5.36 Å². The van der Waals surface area contributed by atoms with Gasteiger partial charge in [-0.05, 0) is 42.5 Å². The van der Waals surface area contributed by atoms with Crippen molar-refractivity contribution in [3.8, 4) is 0 Å². The highest BCUT2D eigenvalue weighted by molar-refractivity contribution is 7.91. The summed E-state index contributed by atoms with van der Waals surface area (Å²) < 4.78 is 117. The molecule has 0 amide bonds. The van der Waals surface area contributed by atoms with E-state index in [1.165, 1.54) is 24.3 Å². The standard InChI is InChI=1S/C23H22N4O16S4/c28-19-13-18(23(30)31)20(26-25-15-2-1-3-17(12-15)45(34,35)11-9-43-47(39,40)41)22(29)21(19)27-24-14-4-6-16(7-5-14)44(32,33)10-8-42-46(36,37)38/h1-7,12-13,24-25H,8-11H2,(H,30,31)(H,36,37,38)(H,39,40,41). The molecule has 0 bridgehead atoms. The van der Waals surface area contributed by atoms with E-state index in [-0.39, 0.29) is 21.2 Å². The molecule has 0 aliphatic heterocycles. The van der Waals surface area contributed by atoms with Crippen molar-refractivity contribution in [3.05, 3.63) is 91.3 Å². The maximum atomic E-state index is 13.1. The monoisotopic (exact) mass is 738 g/mol. The molecule has 24 heteroatoms. The number of benzene rings is 3. The molecule has 0 radical (unpaired) electrons. The highest BCUT2D eigenvalue weighted by Gasteiger charge is 2.19. The fraction of sp³-hybridized carbons (Fsp3) is 0.174. The zero-order valence-corrected chi connectivity index (χ0v) is 26.5. The van der Waals surface area contributed by atoms with Crippen LogP contribution in [0, 0.1) is 0 Å². The summed E-state index contributed by atoms with van der Waals surface area (Å²) in [7, 11) is -17.9. The third-order valence-corrected chi connectivity index (χ3v) is 9.89. The van der Waals surface area contributed by atoms with Crippen molar-refractivity contribution in [3.63, 3.8) is 0 Å². The van der Waals surface area contributed by atoms with Gasteiger partial charge in [0.15, 0.2) is 25.0 Å². The number of carbonyl (C=O) groups is 1. The van der Waals surface area contributed by atoms with Crippen LogP contribution >= 0.6 is 0 Å². The molecule has 0 fully saturated rings. The van der Waals surface area contributed by atoms with Crippen LogP contribution in [0.5, 0.6) is 0 Å². The lowest BCUT2D eigenvalue weighted by molar-refractivity contribution is 0.0694. The molecule has 0 aliphatic carbocycles. The number of carboxylic acid groups (broad SMARTS) is 1. The number of nitrogens with one attached hydrogen (secondary N) is 2. The lowest BCUT2D eigenvalue weighted by atomic mass is 10.2. The molecule has 3 rings (SSSR count). The average molecular weight is 739 g/mol. The van der Waals surface area contributed by atoms with Crippen molar-refractivity contribution in [1.29, 1.82) is 0 Å². The van der Waals surface area contributed by atoms with Crippen molar-refractivity contribution in [2.45, 2.75) is 9.79 Å². The zero-order chi connectivity index (χ0) is 35.2. The van der Waals surface area contributed by atoms with Gasteiger partial charge < -0.3 is 5.11 Å². The van der Waals surface area contributed by atoms with Gasteiger partial charge in [-0.15, -0.1) is 0 Å². The fourth-order valence-corrected chi connectivity index (χ4v) is 6.48. The van der Waals surface area contributed by atoms with Crippen LogP contribution in [-0.4, -0.2) is 78.6 Å². The second kappa shape index (κ2) is 14.6. The van der Waals surface area contributed by atoms with Gasteiger partial charge in [-0.3, -0.25) is 29.5 Å². The van der Waals surface area contributed by atoms with Crippen LogP contribution in [0.3, 0.4) is 0 Å². The van der Waals surface area contributed by atoms with Crippen LogP contribution in [0.15, 0.2) is 84.2 Å². The third kappa shape index (κ3) is 10.8. The van der Waals surface area contributed by atoms with E-state index in [2.05, 4.69) is 29.4 Å². The Labute approximate surface area is 265 Å². The van der Waals surface area contributed by atoms with Crippen LogP contribution in [0.2, 0.25) is 0 Å². The summed E-state index contributed by atoms with van der Waals surface area (Å²) in [5, 5.41) is 15.3. The van der Waals surface area contributed by atoms with Crippen LogP contribution in [0.4, 0.5) is 11.4 Å². The number of nitrogens with zero attached hydrogens (tertiary/aromatic N) is 2. The molecular formula is C23H22N4O16S4. The van der Waals surface area contributed by atoms with Gasteiger partial charge in [-0.1, -0.05) is 6.07 Å². The topological polar surface area (TPSA) is 316 Å². The molecule has 0 spiro atoms. The van der Waals surface area contributed by atoms with Gasteiger partial charge in [0.05, 0.1) is 51.4 Å². The van der Waals surface area contributed by atoms with E-state index < -0.39 is 98.3 Å². The summed E-state index contributed by atoms with van der Waals surface area (Å²) in [6, 6.07) is 9.71. The maximum absolute atomic E-state index is 13.1. The van der Waals surface area contributed by atoms with Gasteiger partial charge in [0, 0.05) is 6.07 Å². The normalized spacial score (nSPS) is 13.4. The van der Waals surface area contributed by atoms with Crippen LogP contribution in [0.1, 0.15) is 10.4 Å². The predicted octanol–water partition coefficient (Wildman–Crippen LogP) is -1.98. The molecule has 0 atom stereocenters. The fourth-order valence-electron chi connectivity index (χ4n) is 3.46. The van der Waals surface area contributed by atoms with Gasteiger partial charge in [0.2, 0.25) is 10.9 Å². The van der Waals surface area contributed by atoms with E-state index in [1.807, 2.05) is 0 Å². The van der Waals surface area contributed by atoms with E-state index in [0.29, 0.717) is 6.07 Å². The highest BCUT2D eigenvalue weighted by Crippen LogP contribution is 2.17. The SMILES string of the molecule is O=C(O)c1cc(=O)c(=NNc2ccc(S(=O)(=O)CCOS(=O)(=O)O)cc2)c(=O)c1=NNc1cccc(S(=O)(=O)CCOS(=O)(=O)O)c1. The Bertz CT molecular complexity index is 2350. The van der Waals surface area contributed by atoms with Gasteiger partial charge in [0.25, 0.3) is 0 Å². The van der Waals surface area contributed by atoms with Crippen molar-refractivity contribution in [2.24, 2.45) is 10.2 Å². The van der Waals surface area contributed by atoms with Crippen molar-refractivity contribution < 1.29 is 61.0 Å². The first-order valence-corrected chi connectivity index (χ1v) is 18.3. The summed E-state index contributed by atoms with van der Waals surface area (Å²) in [4.78, 5) is 36.7. The highest BCUT2D eigenvalue weighted by atomic mass is 32.3. The Morgan fingerprint density at radius 2 is 1.19 bits per heavy atom. The molecule has 0 heterocycles. The Balaban J connectivity index is 1.90. The Kier molecular flexibility index (Phi) is 11.5. The third-order valence-electron chi connectivity index (χ3n) is 5.59. The first-order valence-electron chi connectivity index (χ1n) is 12.3. The number of hydrogen-bond acceptors (Lipinski definition) is 17. The lowest BCUT2D eigenvalue weighted by Crippen LogP contribution is -2.50. The average Bonchev–Trinajstić information content (AvgIpc) is 2.95. The smallest absolute Gasteiger partial charge is 0.397 e. The summed E-state index contributed by atoms with van der Waals surface area (Å²) in [6.45, 7) is -1.76. The molecule has 3 aromatic carbocycles. The first kappa shape index (κ1) is 37.0. The van der Waals surface area contributed by atoms with E-state index in [4.69, 9.17) is 9.11 Å². The van der Waals surface area contributed by atoms with Crippen LogP contribution < -0.4 is 32.4 Å². The molecule has 5 N–H and O–H groups in total. The minimum Gasteiger partial charge on any atom is -0.478 e. The molecule has 3 aromatic rings. The molecule has 20 nitrogen and oxygen atoms in total. The molecule has 0 saturated heterocycles.